The molecule has 114 valence electrons. The number of nitrogens with zero attached hydrogens (tertiary/aromatic N) is 1. The smallest absolute Gasteiger partial charge is 0.317 e. The largest absolute Gasteiger partial charge is 0.328 e. The van der Waals surface area contributed by atoms with E-state index in [0.717, 1.165) is 48.6 Å². The van der Waals surface area contributed by atoms with Crippen LogP contribution in [0.1, 0.15) is 18.4 Å². The van der Waals surface area contributed by atoms with E-state index in [0.29, 0.717) is 6.42 Å². The van der Waals surface area contributed by atoms with Gasteiger partial charge in [-0.1, -0.05) is 42.5 Å². The maximum Gasteiger partial charge on any atom is 0.317 e. The monoisotopic (exact) mass is 296 g/mol. The van der Waals surface area contributed by atoms with E-state index in [2.05, 4.69) is 23.5 Å². The van der Waals surface area contributed by atoms with Crippen LogP contribution in [0.5, 0.6) is 0 Å². The molecule has 1 fully saturated rings. The van der Waals surface area contributed by atoms with Crippen molar-refractivity contribution >= 4 is 23.1 Å². The van der Waals surface area contributed by atoms with Crippen molar-refractivity contribution in [1.82, 2.24) is 10.2 Å². The van der Waals surface area contributed by atoms with Crippen molar-refractivity contribution in [2.45, 2.75) is 25.3 Å². The van der Waals surface area contributed by atoms with Crippen molar-refractivity contribution in [1.29, 1.82) is 0 Å². The van der Waals surface area contributed by atoms with Gasteiger partial charge in [-0.15, -0.1) is 0 Å². The number of likely N-dealkylation sites (tertiary alicyclic amines) is 1. The predicted octanol–water partition coefficient (Wildman–Crippen LogP) is 2.76. The Morgan fingerprint density at radius 1 is 1.14 bits per heavy atom. The van der Waals surface area contributed by atoms with Crippen LogP contribution in [0.4, 0.5) is 4.79 Å². The van der Waals surface area contributed by atoms with Crippen molar-refractivity contribution in [3.8, 4) is 0 Å². The first-order valence-corrected chi connectivity index (χ1v) is 7.75. The molecule has 2 aromatic rings. The first-order valence-electron chi connectivity index (χ1n) is 7.75. The van der Waals surface area contributed by atoms with Gasteiger partial charge in [-0.3, -0.25) is 0 Å². The molecule has 1 saturated heterocycles. The molecule has 0 saturated carbocycles. The number of urea groups is 1. The van der Waals surface area contributed by atoms with Crippen LogP contribution in [0.25, 0.3) is 10.8 Å². The molecule has 1 heterocycles. The van der Waals surface area contributed by atoms with E-state index in [9.17, 15) is 9.59 Å². The Hall–Kier alpha value is -2.36. The third kappa shape index (κ3) is 3.11. The van der Waals surface area contributed by atoms with Crippen LogP contribution in [0.3, 0.4) is 0 Å². The highest BCUT2D eigenvalue weighted by atomic mass is 16.2. The summed E-state index contributed by atoms with van der Waals surface area (Å²) in [4.78, 5) is 25.3. The van der Waals surface area contributed by atoms with Gasteiger partial charge < -0.3 is 15.0 Å². The molecule has 0 aromatic heterocycles. The first-order chi connectivity index (χ1) is 10.8. The van der Waals surface area contributed by atoms with Crippen LogP contribution in [-0.4, -0.2) is 36.3 Å². The van der Waals surface area contributed by atoms with Crippen LogP contribution in [-0.2, 0) is 11.2 Å². The number of hydrogen-bond acceptors (Lipinski definition) is 2. The lowest BCUT2D eigenvalue weighted by Crippen LogP contribution is -2.45. The molecule has 1 atom stereocenters. The third-order valence-corrected chi connectivity index (χ3v) is 4.19. The number of aldehydes is 1. The van der Waals surface area contributed by atoms with Crippen LogP contribution >= 0.6 is 0 Å². The molecule has 4 heteroatoms. The van der Waals surface area contributed by atoms with Gasteiger partial charge in [0, 0.05) is 19.5 Å². The van der Waals surface area contributed by atoms with Crippen LogP contribution in [0.2, 0.25) is 0 Å². The first kappa shape index (κ1) is 14.6. The summed E-state index contributed by atoms with van der Waals surface area (Å²) in [6.45, 7) is 1.57. The Bertz CT molecular complexity index is 672. The van der Waals surface area contributed by atoms with Gasteiger partial charge in [0.15, 0.2) is 0 Å². The number of benzene rings is 2. The zero-order valence-corrected chi connectivity index (χ0v) is 12.5. The van der Waals surface area contributed by atoms with Crippen LogP contribution < -0.4 is 5.32 Å². The Morgan fingerprint density at radius 3 is 2.64 bits per heavy atom. The fourth-order valence-electron chi connectivity index (χ4n) is 3.01. The van der Waals surface area contributed by atoms with Crippen molar-refractivity contribution < 1.29 is 9.59 Å². The molecule has 0 aliphatic carbocycles. The minimum atomic E-state index is -0.487. The van der Waals surface area contributed by atoms with E-state index in [-0.39, 0.29) is 6.03 Å². The van der Waals surface area contributed by atoms with Crippen molar-refractivity contribution in [3.63, 3.8) is 0 Å². The average molecular weight is 296 g/mol. The standard InChI is InChI=1S/C18H20N2O2/c21-13-16(19-18(22)20-10-3-4-11-20)12-15-8-5-7-14-6-1-2-9-17(14)15/h1-2,5-9,13,16H,3-4,10-12H2,(H,19,22)/t16-/m0/s1. The summed E-state index contributed by atoms with van der Waals surface area (Å²) in [6.07, 6.45) is 3.44. The molecule has 2 amide bonds. The maximum absolute atomic E-state index is 12.1. The fraction of sp³-hybridized carbons (Fsp3) is 0.333. The Labute approximate surface area is 130 Å². The molecule has 0 bridgehead atoms. The zero-order chi connectivity index (χ0) is 15.4. The third-order valence-electron chi connectivity index (χ3n) is 4.19. The topological polar surface area (TPSA) is 49.4 Å². The summed E-state index contributed by atoms with van der Waals surface area (Å²) >= 11 is 0. The summed E-state index contributed by atoms with van der Waals surface area (Å²) in [5, 5.41) is 5.12. The zero-order valence-electron chi connectivity index (χ0n) is 12.5. The Kier molecular flexibility index (Phi) is 4.37. The summed E-state index contributed by atoms with van der Waals surface area (Å²) in [7, 11) is 0. The molecule has 2 aromatic carbocycles. The van der Waals surface area contributed by atoms with Gasteiger partial charge in [-0.25, -0.2) is 4.79 Å². The van der Waals surface area contributed by atoms with Gasteiger partial charge in [0.25, 0.3) is 0 Å². The van der Waals surface area contributed by atoms with Crippen LogP contribution in [0, 0.1) is 0 Å². The molecular formula is C18H20N2O2. The second-order valence-electron chi connectivity index (χ2n) is 5.73. The summed E-state index contributed by atoms with van der Waals surface area (Å²) < 4.78 is 0. The number of carbonyl (C=O) groups excluding carboxylic acids is 2. The average Bonchev–Trinajstić information content (AvgIpc) is 3.09. The lowest BCUT2D eigenvalue weighted by atomic mass is 9.99. The molecule has 0 spiro atoms. The van der Waals surface area contributed by atoms with Crippen molar-refractivity contribution in [2.24, 2.45) is 0 Å². The number of nitrogens with one attached hydrogen (secondary N) is 1. The second-order valence-corrected chi connectivity index (χ2v) is 5.73. The van der Waals surface area contributed by atoms with E-state index in [1.54, 1.807) is 4.90 Å². The normalized spacial score (nSPS) is 15.7. The molecule has 22 heavy (non-hydrogen) atoms. The fourth-order valence-corrected chi connectivity index (χ4v) is 3.01. The van der Waals surface area contributed by atoms with Gasteiger partial charge in [-0.05, 0) is 29.2 Å². The lowest BCUT2D eigenvalue weighted by Gasteiger charge is -2.20. The minimum Gasteiger partial charge on any atom is -0.328 e. The van der Waals surface area contributed by atoms with Gasteiger partial charge in [0.05, 0.1) is 6.04 Å². The highest BCUT2D eigenvalue weighted by Crippen LogP contribution is 2.19. The van der Waals surface area contributed by atoms with Gasteiger partial charge >= 0.3 is 6.03 Å². The van der Waals surface area contributed by atoms with Crippen molar-refractivity contribution in [2.75, 3.05) is 13.1 Å². The van der Waals surface area contributed by atoms with Gasteiger partial charge in [-0.2, -0.15) is 0 Å². The maximum atomic E-state index is 12.1. The number of rotatable bonds is 4. The highest BCUT2D eigenvalue weighted by Gasteiger charge is 2.21. The molecule has 4 nitrogen and oxygen atoms in total. The second kappa shape index (κ2) is 6.60. The molecule has 3 rings (SSSR count). The molecule has 1 aliphatic rings. The van der Waals surface area contributed by atoms with Gasteiger partial charge in [0.2, 0.25) is 0 Å². The van der Waals surface area contributed by atoms with E-state index in [4.69, 9.17) is 0 Å². The summed E-state index contributed by atoms with van der Waals surface area (Å²) in [5.41, 5.74) is 1.08. The van der Waals surface area contributed by atoms with Crippen molar-refractivity contribution in [3.05, 3.63) is 48.0 Å². The Balaban J connectivity index is 1.74. The SMILES string of the molecule is O=C[C@H](Cc1cccc2ccccc12)NC(=O)N1CCCC1. The predicted molar refractivity (Wildman–Crippen MR) is 86.8 cm³/mol. The van der Waals surface area contributed by atoms with Crippen LogP contribution in [0.15, 0.2) is 42.5 Å². The van der Waals surface area contributed by atoms with E-state index >= 15 is 0 Å². The number of hydrogen-bond donors (Lipinski definition) is 1. The van der Waals surface area contributed by atoms with E-state index < -0.39 is 6.04 Å². The van der Waals surface area contributed by atoms with E-state index in [1.807, 2.05) is 24.3 Å². The minimum absolute atomic E-state index is 0.130. The summed E-state index contributed by atoms with van der Waals surface area (Å²) in [5.74, 6) is 0. The number of amides is 2. The number of fused-ring (bicyclic) bond motifs is 1. The highest BCUT2D eigenvalue weighted by molar-refractivity contribution is 5.86. The van der Waals surface area contributed by atoms with E-state index in [1.165, 1.54) is 0 Å². The number of carbonyl (C=O) groups is 2. The lowest BCUT2D eigenvalue weighted by molar-refractivity contribution is -0.109. The quantitative estimate of drug-likeness (QED) is 0.882. The molecular weight excluding hydrogens is 276 g/mol. The Morgan fingerprint density at radius 2 is 1.86 bits per heavy atom. The molecule has 0 radical (unpaired) electrons. The molecule has 1 N–H and O–H groups in total. The summed E-state index contributed by atoms with van der Waals surface area (Å²) in [6, 6.07) is 13.5. The molecule has 0 unspecified atom stereocenters. The van der Waals surface area contributed by atoms with Gasteiger partial charge in [0.1, 0.15) is 6.29 Å². The molecule has 1 aliphatic heterocycles.